The van der Waals surface area contributed by atoms with Crippen molar-refractivity contribution in [2.24, 2.45) is 0 Å². The van der Waals surface area contributed by atoms with Crippen LogP contribution in [0.25, 0.3) is 56.8 Å². The summed E-state index contributed by atoms with van der Waals surface area (Å²) in [7, 11) is 0. The molecule has 0 N–H and O–H groups in total. The first-order chi connectivity index (χ1) is 29.8. The standard InChI is InChI=1S/2C20H12F6N4.CHCl3/c2*1-11-2-4-12(5-3-11)16-6-7-27-18-28-17(29-30(16)18)13-8-14(19(21,22)23)10-15(9-13)20(24,25)26;2-1(3)4/h2*2-10H,1H3;1H. The summed E-state index contributed by atoms with van der Waals surface area (Å²) in [4.78, 5) is 16.1. The maximum Gasteiger partial charge on any atom is 0.416 e. The molecule has 8 rings (SSSR count). The number of benzene rings is 4. The zero-order valence-corrected chi connectivity index (χ0v) is 34.5. The average Bonchev–Trinajstić information content (AvgIpc) is 3.86. The van der Waals surface area contributed by atoms with Crippen molar-refractivity contribution in [1.82, 2.24) is 39.2 Å². The van der Waals surface area contributed by atoms with Crippen LogP contribution >= 0.6 is 34.8 Å². The lowest BCUT2D eigenvalue weighted by atomic mass is 10.0. The molecule has 0 aliphatic rings. The van der Waals surface area contributed by atoms with E-state index in [4.69, 9.17) is 34.8 Å². The summed E-state index contributed by atoms with van der Waals surface area (Å²) in [6, 6.07) is 20.5. The van der Waals surface area contributed by atoms with Crippen LogP contribution in [-0.4, -0.2) is 43.5 Å². The minimum Gasteiger partial charge on any atom is -0.220 e. The van der Waals surface area contributed by atoms with Crippen LogP contribution in [0.5, 0.6) is 0 Å². The van der Waals surface area contributed by atoms with Crippen LogP contribution in [0.4, 0.5) is 52.7 Å². The van der Waals surface area contributed by atoms with Crippen molar-refractivity contribution in [2.45, 2.75) is 42.8 Å². The number of nitrogens with zero attached hydrogens (tertiary/aromatic N) is 8. The molecule has 0 atom stereocenters. The Bertz CT molecular complexity index is 2640. The second kappa shape index (κ2) is 18.2. The molecule has 0 unspecified atom stereocenters. The fourth-order valence-electron chi connectivity index (χ4n) is 5.89. The normalized spacial score (nSPS) is 12.3. The van der Waals surface area contributed by atoms with E-state index in [1.165, 1.54) is 21.4 Å². The topological polar surface area (TPSA) is 86.2 Å². The van der Waals surface area contributed by atoms with E-state index >= 15 is 0 Å². The summed E-state index contributed by atoms with van der Waals surface area (Å²) in [5, 5.41) is 8.27. The molecule has 23 heteroatoms. The van der Waals surface area contributed by atoms with Crippen LogP contribution in [0, 0.1) is 13.8 Å². The van der Waals surface area contributed by atoms with E-state index in [1.54, 1.807) is 12.1 Å². The van der Waals surface area contributed by atoms with E-state index in [2.05, 4.69) is 30.1 Å². The Kier molecular flexibility index (Phi) is 13.5. The Morgan fingerprint density at radius 1 is 0.422 bits per heavy atom. The SMILES string of the molecule is Cc1ccc(-c2ccnc3nc(-c4cc(C(F)(F)F)cc(C(F)(F)F)c4)nn23)cc1.Cc1ccc(-c2ccnc3nc(-c4cc(C(F)(F)F)cc(C(F)(F)F)c4)nn23)cc1.ClC(Cl)Cl. The summed E-state index contributed by atoms with van der Waals surface area (Å²) in [6.07, 6.45) is -16.9. The molecule has 4 aromatic carbocycles. The highest BCUT2D eigenvalue weighted by molar-refractivity contribution is 6.63. The summed E-state index contributed by atoms with van der Waals surface area (Å²) in [5.74, 6) is -0.486. The van der Waals surface area contributed by atoms with E-state index in [-0.39, 0.29) is 35.3 Å². The smallest absolute Gasteiger partial charge is 0.220 e. The van der Waals surface area contributed by atoms with Crippen LogP contribution in [0.1, 0.15) is 33.4 Å². The first kappa shape index (κ1) is 47.5. The van der Waals surface area contributed by atoms with E-state index in [0.717, 1.165) is 22.3 Å². The number of aromatic nitrogens is 8. The van der Waals surface area contributed by atoms with Gasteiger partial charge in [-0.3, -0.25) is 0 Å². The van der Waals surface area contributed by atoms with Crippen molar-refractivity contribution < 1.29 is 52.7 Å². The van der Waals surface area contributed by atoms with Crippen LogP contribution in [0.3, 0.4) is 0 Å². The quantitative estimate of drug-likeness (QED) is 0.129. The lowest BCUT2D eigenvalue weighted by molar-refractivity contribution is -0.144. The Hall–Kier alpha value is -5.99. The first-order valence-corrected chi connectivity index (χ1v) is 19.2. The molecule has 64 heavy (non-hydrogen) atoms. The zero-order chi connectivity index (χ0) is 46.9. The molecule has 0 saturated carbocycles. The molecule has 0 aliphatic carbocycles. The van der Waals surface area contributed by atoms with Crippen molar-refractivity contribution in [3.05, 3.63) is 143 Å². The van der Waals surface area contributed by atoms with Crippen molar-refractivity contribution >= 4 is 46.4 Å². The van der Waals surface area contributed by atoms with Gasteiger partial charge >= 0.3 is 24.7 Å². The summed E-state index contributed by atoms with van der Waals surface area (Å²) in [6.45, 7) is 3.82. The molecular formula is C41H25Cl3F12N8. The molecule has 0 spiro atoms. The maximum atomic E-state index is 13.1. The van der Waals surface area contributed by atoms with Crippen molar-refractivity contribution in [2.75, 3.05) is 0 Å². The molecule has 334 valence electrons. The van der Waals surface area contributed by atoms with Gasteiger partial charge in [-0.1, -0.05) is 94.5 Å². The van der Waals surface area contributed by atoms with Crippen molar-refractivity contribution in [1.29, 1.82) is 0 Å². The minimum atomic E-state index is -4.96. The van der Waals surface area contributed by atoms with Crippen LogP contribution in [-0.2, 0) is 24.7 Å². The summed E-state index contributed by atoms with van der Waals surface area (Å²) >= 11 is 14.4. The highest BCUT2D eigenvalue weighted by atomic mass is 35.6. The van der Waals surface area contributed by atoms with Gasteiger partial charge in [0.25, 0.3) is 11.6 Å². The fraction of sp³-hybridized carbons (Fsp3) is 0.171. The third kappa shape index (κ3) is 11.4. The van der Waals surface area contributed by atoms with Gasteiger partial charge in [0, 0.05) is 34.6 Å². The second-order valence-electron chi connectivity index (χ2n) is 13.5. The van der Waals surface area contributed by atoms with Gasteiger partial charge in [-0.2, -0.15) is 71.7 Å². The monoisotopic (exact) mass is 962 g/mol. The highest BCUT2D eigenvalue weighted by Crippen LogP contribution is 2.40. The first-order valence-electron chi connectivity index (χ1n) is 17.9. The number of hydrogen-bond acceptors (Lipinski definition) is 6. The lowest BCUT2D eigenvalue weighted by Gasteiger charge is -2.13. The van der Waals surface area contributed by atoms with E-state index in [9.17, 15) is 52.7 Å². The molecule has 8 nitrogen and oxygen atoms in total. The molecule has 0 saturated heterocycles. The van der Waals surface area contributed by atoms with E-state index in [0.29, 0.717) is 35.7 Å². The van der Waals surface area contributed by atoms with Gasteiger partial charge < -0.3 is 0 Å². The van der Waals surface area contributed by atoms with Gasteiger partial charge in [-0.25, -0.2) is 9.97 Å². The van der Waals surface area contributed by atoms with Gasteiger partial charge in [0.1, 0.15) is 0 Å². The molecule has 0 bridgehead atoms. The fourth-order valence-corrected chi connectivity index (χ4v) is 5.89. The molecule has 0 amide bonds. The molecule has 8 aromatic rings. The highest BCUT2D eigenvalue weighted by Gasteiger charge is 2.39. The minimum absolute atomic E-state index is 0.0500. The predicted octanol–water partition coefficient (Wildman–Crippen LogP) is 13.6. The van der Waals surface area contributed by atoms with Crippen LogP contribution in [0.15, 0.2) is 109 Å². The number of aryl methyl sites for hydroxylation is 2. The van der Waals surface area contributed by atoms with Crippen molar-refractivity contribution in [3.8, 4) is 45.3 Å². The largest absolute Gasteiger partial charge is 0.416 e. The number of rotatable bonds is 4. The van der Waals surface area contributed by atoms with Gasteiger partial charge in [-0.15, -0.1) is 10.2 Å². The number of halogens is 15. The zero-order valence-electron chi connectivity index (χ0n) is 32.2. The third-order valence-corrected chi connectivity index (χ3v) is 8.87. The molecule has 0 aliphatic heterocycles. The third-order valence-electron chi connectivity index (χ3n) is 8.87. The lowest BCUT2D eigenvalue weighted by Crippen LogP contribution is -2.11. The number of alkyl halides is 15. The molecular weight excluding hydrogens is 939 g/mol. The van der Waals surface area contributed by atoms with Gasteiger partial charge in [0.2, 0.25) is 0 Å². The molecule has 4 aromatic heterocycles. The Balaban J connectivity index is 0.000000196. The van der Waals surface area contributed by atoms with E-state index < -0.39 is 62.4 Å². The number of hydrogen-bond donors (Lipinski definition) is 0. The number of fused-ring (bicyclic) bond motifs is 2. The molecule has 0 radical (unpaired) electrons. The Morgan fingerprint density at radius 3 is 0.969 bits per heavy atom. The van der Waals surface area contributed by atoms with Crippen LogP contribution in [0.2, 0.25) is 0 Å². The summed E-state index contributed by atoms with van der Waals surface area (Å²) in [5.41, 5.74) is -1.93. The van der Waals surface area contributed by atoms with Gasteiger partial charge in [0.15, 0.2) is 15.9 Å². The van der Waals surface area contributed by atoms with Gasteiger partial charge in [0.05, 0.1) is 33.6 Å². The van der Waals surface area contributed by atoms with E-state index in [1.807, 2.05) is 62.4 Å². The molecule has 4 heterocycles. The van der Waals surface area contributed by atoms with Crippen molar-refractivity contribution in [3.63, 3.8) is 0 Å². The average molecular weight is 964 g/mol. The van der Waals surface area contributed by atoms with Gasteiger partial charge in [-0.05, 0) is 62.4 Å². The maximum absolute atomic E-state index is 13.1. The Morgan fingerprint density at radius 2 is 0.703 bits per heavy atom. The summed E-state index contributed by atoms with van der Waals surface area (Å²) < 4.78 is 160. The predicted molar refractivity (Wildman–Crippen MR) is 214 cm³/mol. The van der Waals surface area contributed by atoms with Crippen LogP contribution < -0.4 is 0 Å². The molecule has 0 fully saturated rings. The Labute approximate surface area is 368 Å². The second-order valence-corrected chi connectivity index (χ2v) is 15.5.